The Morgan fingerprint density at radius 3 is 2.83 bits per heavy atom. The van der Waals surface area contributed by atoms with Gasteiger partial charge >= 0.3 is 0 Å². The van der Waals surface area contributed by atoms with Crippen LogP contribution < -0.4 is 5.32 Å². The van der Waals surface area contributed by atoms with Gasteiger partial charge in [-0.15, -0.1) is 0 Å². The van der Waals surface area contributed by atoms with E-state index >= 15 is 0 Å². The van der Waals surface area contributed by atoms with Gasteiger partial charge < -0.3 is 14.3 Å². The summed E-state index contributed by atoms with van der Waals surface area (Å²) in [6.45, 7) is 5.12. The van der Waals surface area contributed by atoms with E-state index in [9.17, 15) is 4.79 Å². The fraction of sp³-hybridized carbons (Fsp3) is 0.333. The second-order valence-corrected chi connectivity index (χ2v) is 5.66. The van der Waals surface area contributed by atoms with Crippen LogP contribution in [0.3, 0.4) is 0 Å². The molecule has 0 saturated heterocycles. The van der Waals surface area contributed by atoms with Gasteiger partial charge in [-0.3, -0.25) is 4.79 Å². The maximum atomic E-state index is 12.0. The molecule has 0 aliphatic carbocycles. The summed E-state index contributed by atoms with van der Waals surface area (Å²) in [6, 6.07) is 11.9. The number of benzene rings is 1. The lowest BCUT2D eigenvalue weighted by molar-refractivity contribution is -0.121. The van der Waals surface area contributed by atoms with Crippen LogP contribution >= 0.6 is 0 Å². The maximum Gasteiger partial charge on any atom is 0.221 e. The number of nitrogens with one attached hydrogen (secondary N) is 1. The van der Waals surface area contributed by atoms with E-state index in [1.807, 2.05) is 50.2 Å². The van der Waals surface area contributed by atoms with Crippen molar-refractivity contribution in [2.24, 2.45) is 0 Å². The van der Waals surface area contributed by atoms with Crippen molar-refractivity contribution in [1.82, 2.24) is 14.9 Å². The standard InChI is InChI=1S/C18H21N3O2/c1-13-7-8-15(23-13)9-11-19-18(22)10-12-21-14(2)20-16-5-3-4-6-17(16)21/h3-8H,9-12H2,1-2H3,(H,19,22). The van der Waals surface area contributed by atoms with Gasteiger partial charge in [-0.25, -0.2) is 4.98 Å². The average molecular weight is 311 g/mol. The van der Waals surface area contributed by atoms with E-state index < -0.39 is 0 Å². The summed E-state index contributed by atoms with van der Waals surface area (Å²) in [4.78, 5) is 16.5. The maximum absolute atomic E-state index is 12.0. The van der Waals surface area contributed by atoms with Crippen molar-refractivity contribution in [2.75, 3.05) is 6.54 Å². The van der Waals surface area contributed by atoms with Gasteiger partial charge in [-0.1, -0.05) is 12.1 Å². The van der Waals surface area contributed by atoms with E-state index in [2.05, 4.69) is 14.9 Å². The Morgan fingerprint density at radius 2 is 2.04 bits per heavy atom. The van der Waals surface area contributed by atoms with Crippen LogP contribution in [0.25, 0.3) is 11.0 Å². The Labute approximate surface area is 135 Å². The summed E-state index contributed by atoms with van der Waals surface area (Å²) < 4.78 is 7.57. The summed E-state index contributed by atoms with van der Waals surface area (Å²) in [5, 5.41) is 2.94. The first-order valence-electron chi connectivity index (χ1n) is 7.87. The molecule has 1 amide bonds. The van der Waals surface area contributed by atoms with Crippen molar-refractivity contribution >= 4 is 16.9 Å². The minimum atomic E-state index is 0.0467. The molecule has 0 aliphatic rings. The van der Waals surface area contributed by atoms with Crippen LogP contribution in [0.2, 0.25) is 0 Å². The minimum Gasteiger partial charge on any atom is -0.466 e. The lowest BCUT2D eigenvalue weighted by Crippen LogP contribution is -2.26. The zero-order chi connectivity index (χ0) is 16.2. The molecule has 0 atom stereocenters. The van der Waals surface area contributed by atoms with Crippen molar-refractivity contribution in [3.63, 3.8) is 0 Å². The molecular weight excluding hydrogens is 290 g/mol. The number of aromatic nitrogens is 2. The van der Waals surface area contributed by atoms with E-state index in [4.69, 9.17) is 4.42 Å². The molecule has 0 bridgehead atoms. The van der Waals surface area contributed by atoms with E-state index in [0.717, 1.165) is 28.4 Å². The van der Waals surface area contributed by atoms with E-state index in [1.165, 1.54) is 0 Å². The van der Waals surface area contributed by atoms with Crippen LogP contribution in [0.4, 0.5) is 0 Å². The Morgan fingerprint density at radius 1 is 1.22 bits per heavy atom. The largest absolute Gasteiger partial charge is 0.466 e. The van der Waals surface area contributed by atoms with Crippen molar-refractivity contribution in [1.29, 1.82) is 0 Å². The third-order valence-electron chi connectivity index (χ3n) is 3.90. The highest BCUT2D eigenvalue weighted by molar-refractivity contribution is 5.77. The highest BCUT2D eigenvalue weighted by Gasteiger charge is 2.09. The molecule has 3 aromatic rings. The van der Waals surface area contributed by atoms with E-state index in [1.54, 1.807) is 0 Å². The molecule has 0 unspecified atom stereocenters. The molecule has 1 N–H and O–H groups in total. The van der Waals surface area contributed by atoms with E-state index in [0.29, 0.717) is 25.9 Å². The Kier molecular flexibility index (Phi) is 4.46. The quantitative estimate of drug-likeness (QED) is 0.761. The topological polar surface area (TPSA) is 60.1 Å². The Balaban J connectivity index is 1.51. The number of imidazole rings is 1. The van der Waals surface area contributed by atoms with Crippen LogP contribution in [0, 0.1) is 13.8 Å². The van der Waals surface area contributed by atoms with Crippen LogP contribution in [0.1, 0.15) is 23.8 Å². The van der Waals surface area contributed by atoms with Crippen molar-refractivity contribution < 1.29 is 9.21 Å². The molecule has 0 saturated carbocycles. The third-order valence-corrected chi connectivity index (χ3v) is 3.90. The number of furan rings is 1. The Hall–Kier alpha value is -2.56. The number of fused-ring (bicyclic) bond motifs is 1. The summed E-state index contributed by atoms with van der Waals surface area (Å²) >= 11 is 0. The lowest BCUT2D eigenvalue weighted by atomic mass is 10.3. The minimum absolute atomic E-state index is 0.0467. The number of nitrogens with zero attached hydrogens (tertiary/aromatic N) is 2. The molecule has 0 radical (unpaired) electrons. The zero-order valence-electron chi connectivity index (χ0n) is 13.5. The normalized spacial score (nSPS) is 11.0. The number of amides is 1. The van der Waals surface area contributed by atoms with Gasteiger partial charge in [-0.2, -0.15) is 0 Å². The second kappa shape index (κ2) is 6.69. The smallest absolute Gasteiger partial charge is 0.221 e. The van der Waals surface area contributed by atoms with Crippen LogP contribution in [0.15, 0.2) is 40.8 Å². The average Bonchev–Trinajstić information content (AvgIpc) is 3.08. The summed E-state index contributed by atoms with van der Waals surface area (Å²) in [5.41, 5.74) is 2.04. The van der Waals surface area contributed by atoms with Crippen molar-refractivity contribution in [3.05, 3.63) is 53.7 Å². The number of hydrogen-bond donors (Lipinski definition) is 1. The summed E-state index contributed by atoms with van der Waals surface area (Å²) in [5.74, 6) is 2.78. The first kappa shape index (κ1) is 15.3. The van der Waals surface area contributed by atoms with Gasteiger partial charge in [0.25, 0.3) is 0 Å². The predicted molar refractivity (Wildman–Crippen MR) is 89.2 cm³/mol. The molecular formula is C18H21N3O2. The number of hydrogen-bond acceptors (Lipinski definition) is 3. The number of carbonyl (C=O) groups is 1. The molecule has 3 rings (SSSR count). The number of rotatable bonds is 6. The predicted octanol–water partition coefficient (Wildman–Crippen LogP) is 3.00. The van der Waals surface area contributed by atoms with Crippen LogP contribution in [0.5, 0.6) is 0 Å². The molecule has 120 valence electrons. The second-order valence-electron chi connectivity index (χ2n) is 5.66. The molecule has 23 heavy (non-hydrogen) atoms. The van der Waals surface area contributed by atoms with Gasteiger partial charge in [-0.05, 0) is 38.1 Å². The van der Waals surface area contributed by atoms with Gasteiger partial charge in [0.05, 0.1) is 11.0 Å². The Bertz CT molecular complexity index is 817. The molecule has 5 heteroatoms. The molecule has 1 aromatic carbocycles. The molecule has 2 heterocycles. The zero-order valence-corrected chi connectivity index (χ0v) is 13.5. The SMILES string of the molecule is Cc1ccc(CCNC(=O)CCn2c(C)nc3ccccc32)o1. The first-order chi connectivity index (χ1) is 11.1. The first-order valence-corrected chi connectivity index (χ1v) is 7.87. The van der Waals surface area contributed by atoms with Gasteiger partial charge in [0.15, 0.2) is 0 Å². The molecule has 2 aromatic heterocycles. The van der Waals surface area contributed by atoms with Crippen LogP contribution in [-0.4, -0.2) is 22.0 Å². The number of para-hydroxylation sites is 2. The molecule has 5 nitrogen and oxygen atoms in total. The fourth-order valence-corrected chi connectivity index (χ4v) is 2.72. The summed E-state index contributed by atoms with van der Waals surface area (Å²) in [6.07, 6.45) is 1.16. The number of aryl methyl sites for hydroxylation is 3. The molecule has 0 aliphatic heterocycles. The van der Waals surface area contributed by atoms with Gasteiger partial charge in [0, 0.05) is 25.9 Å². The monoisotopic (exact) mass is 311 g/mol. The third kappa shape index (κ3) is 3.62. The van der Waals surface area contributed by atoms with E-state index in [-0.39, 0.29) is 5.91 Å². The summed E-state index contributed by atoms with van der Waals surface area (Å²) in [7, 11) is 0. The molecule has 0 fully saturated rings. The van der Waals surface area contributed by atoms with Gasteiger partial charge in [0.1, 0.15) is 17.3 Å². The highest BCUT2D eigenvalue weighted by Crippen LogP contribution is 2.15. The van der Waals surface area contributed by atoms with Crippen molar-refractivity contribution in [3.8, 4) is 0 Å². The fourth-order valence-electron chi connectivity index (χ4n) is 2.72. The number of carbonyl (C=O) groups excluding carboxylic acids is 1. The van der Waals surface area contributed by atoms with Gasteiger partial charge in [0.2, 0.25) is 5.91 Å². The highest BCUT2D eigenvalue weighted by atomic mass is 16.3. The van der Waals surface area contributed by atoms with Crippen LogP contribution in [-0.2, 0) is 17.8 Å². The molecule has 0 spiro atoms. The van der Waals surface area contributed by atoms with Crippen molar-refractivity contribution in [2.45, 2.75) is 33.2 Å². The lowest BCUT2D eigenvalue weighted by Gasteiger charge is -2.07.